The molecule has 1 rings (SSSR count). The Kier molecular flexibility index (Phi) is 2.72. The van der Waals surface area contributed by atoms with Gasteiger partial charge in [0.15, 0.2) is 0 Å². The number of nitrogens with one attached hydrogen (secondary N) is 1. The highest BCUT2D eigenvalue weighted by Gasteiger charge is 2.11. The van der Waals surface area contributed by atoms with Gasteiger partial charge in [-0.3, -0.25) is 0 Å². The maximum atomic E-state index is 10.8. The predicted octanol–water partition coefficient (Wildman–Crippen LogP) is 0.940. The van der Waals surface area contributed by atoms with Gasteiger partial charge in [0.25, 0.3) is 0 Å². The SMILES string of the molecule is CCCNC=C1C=COC1=O. The minimum Gasteiger partial charge on any atom is -0.431 e. The van der Waals surface area contributed by atoms with E-state index in [4.69, 9.17) is 0 Å². The molecule has 0 aromatic heterocycles. The van der Waals surface area contributed by atoms with Crippen LogP contribution in [0.1, 0.15) is 13.3 Å². The zero-order valence-electron chi connectivity index (χ0n) is 6.46. The molecule has 0 bridgehead atoms. The highest BCUT2D eigenvalue weighted by Crippen LogP contribution is 2.06. The predicted molar refractivity (Wildman–Crippen MR) is 41.6 cm³/mol. The molecule has 1 heterocycles. The summed E-state index contributed by atoms with van der Waals surface area (Å²) in [6, 6.07) is 0. The van der Waals surface area contributed by atoms with E-state index in [9.17, 15) is 4.79 Å². The fourth-order valence-electron chi connectivity index (χ4n) is 0.739. The molecule has 11 heavy (non-hydrogen) atoms. The first-order valence-corrected chi connectivity index (χ1v) is 3.65. The third-order valence-electron chi connectivity index (χ3n) is 1.31. The molecule has 0 unspecified atom stereocenters. The van der Waals surface area contributed by atoms with Gasteiger partial charge in [-0.25, -0.2) is 4.79 Å². The fourth-order valence-corrected chi connectivity index (χ4v) is 0.739. The lowest BCUT2D eigenvalue weighted by molar-refractivity contribution is -0.132. The van der Waals surface area contributed by atoms with Crippen LogP contribution in [0.15, 0.2) is 24.1 Å². The van der Waals surface area contributed by atoms with E-state index in [0.717, 1.165) is 13.0 Å². The van der Waals surface area contributed by atoms with Crippen molar-refractivity contribution in [3.8, 4) is 0 Å². The van der Waals surface area contributed by atoms with Gasteiger partial charge >= 0.3 is 5.97 Å². The number of cyclic esters (lactones) is 1. The summed E-state index contributed by atoms with van der Waals surface area (Å²) < 4.78 is 4.57. The van der Waals surface area contributed by atoms with Gasteiger partial charge in [0.2, 0.25) is 0 Å². The van der Waals surface area contributed by atoms with E-state index in [-0.39, 0.29) is 5.97 Å². The molecule has 1 N–H and O–H groups in total. The van der Waals surface area contributed by atoms with Crippen LogP contribution < -0.4 is 5.32 Å². The van der Waals surface area contributed by atoms with Crippen molar-refractivity contribution >= 4 is 5.97 Å². The molecule has 1 aliphatic heterocycles. The Bertz CT molecular complexity index is 206. The highest BCUT2D eigenvalue weighted by molar-refractivity contribution is 5.93. The molecule has 60 valence electrons. The number of rotatable bonds is 3. The molecule has 0 aromatic rings. The summed E-state index contributed by atoms with van der Waals surface area (Å²) in [6.07, 6.45) is 5.75. The summed E-state index contributed by atoms with van der Waals surface area (Å²) in [4.78, 5) is 10.8. The van der Waals surface area contributed by atoms with Crippen LogP contribution in [-0.4, -0.2) is 12.5 Å². The van der Waals surface area contributed by atoms with Gasteiger partial charge in [-0.2, -0.15) is 0 Å². The number of hydrogen-bond acceptors (Lipinski definition) is 3. The first kappa shape index (κ1) is 7.85. The summed E-state index contributed by atoms with van der Waals surface area (Å²) in [5.74, 6) is -0.284. The van der Waals surface area contributed by atoms with Crippen LogP contribution in [0.2, 0.25) is 0 Å². The van der Waals surface area contributed by atoms with E-state index in [2.05, 4.69) is 17.0 Å². The molecule has 0 radical (unpaired) electrons. The molecular formula is C8H11NO2. The van der Waals surface area contributed by atoms with Gasteiger partial charge in [-0.1, -0.05) is 6.92 Å². The van der Waals surface area contributed by atoms with Crippen molar-refractivity contribution in [2.24, 2.45) is 0 Å². The smallest absolute Gasteiger partial charge is 0.344 e. The lowest BCUT2D eigenvalue weighted by Gasteiger charge is -1.95. The molecule has 1 aliphatic rings. The standard InChI is InChI=1S/C8H11NO2/c1-2-4-9-6-7-3-5-11-8(7)10/h3,5-6,9H,2,4H2,1H3. The van der Waals surface area contributed by atoms with Crippen molar-refractivity contribution in [2.45, 2.75) is 13.3 Å². The first-order valence-electron chi connectivity index (χ1n) is 3.65. The van der Waals surface area contributed by atoms with Crippen molar-refractivity contribution in [3.63, 3.8) is 0 Å². The number of carbonyl (C=O) groups is 1. The Morgan fingerprint density at radius 1 is 1.73 bits per heavy atom. The zero-order valence-corrected chi connectivity index (χ0v) is 6.46. The van der Waals surface area contributed by atoms with Crippen molar-refractivity contribution in [2.75, 3.05) is 6.54 Å². The normalized spacial score (nSPS) is 19.0. The van der Waals surface area contributed by atoms with Gasteiger partial charge in [-0.15, -0.1) is 0 Å². The lowest BCUT2D eigenvalue weighted by atomic mass is 10.3. The van der Waals surface area contributed by atoms with Gasteiger partial charge in [0.1, 0.15) is 0 Å². The second-order valence-corrected chi connectivity index (χ2v) is 2.26. The first-order chi connectivity index (χ1) is 5.34. The Balaban J connectivity index is 2.39. The maximum Gasteiger partial charge on any atom is 0.344 e. The lowest BCUT2D eigenvalue weighted by Crippen LogP contribution is -2.08. The third kappa shape index (κ3) is 2.11. The molecule has 3 heteroatoms. The number of ether oxygens (including phenoxy) is 1. The molecule has 0 aromatic carbocycles. The topological polar surface area (TPSA) is 38.3 Å². The number of hydrogen-bond donors (Lipinski definition) is 1. The Labute approximate surface area is 65.7 Å². The van der Waals surface area contributed by atoms with E-state index in [1.54, 1.807) is 12.3 Å². The van der Waals surface area contributed by atoms with Crippen LogP contribution >= 0.6 is 0 Å². The van der Waals surface area contributed by atoms with Crippen molar-refractivity contribution in [1.82, 2.24) is 5.32 Å². The van der Waals surface area contributed by atoms with Gasteiger partial charge in [0.05, 0.1) is 11.8 Å². The minimum atomic E-state index is -0.284. The Morgan fingerprint density at radius 3 is 3.09 bits per heavy atom. The third-order valence-corrected chi connectivity index (χ3v) is 1.31. The molecule has 0 atom stereocenters. The molecule has 0 fully saturated rings. The van der Waals surface area contributed by atoms with Gasteiger partial charge in [0, 0.05) is 12.7 Å². The average Bonchev–Trinajstić information content (AvgIpc) is 2.37. The molecule has 0 saturated carbocycles. The summed E-state index contributed by atoms with van der Waals surface area (Å²) in [7, 11) is 0. The van der Waals surface area contributed by atoms with Gasteiger partial charge < -0.3 is 10.1 Å². The van der Waals surface area contributed by atoms with E-state index >= 15 is 0 Å². The Morgan fingerprint density at radius 2 is 2.55 bits per heavy atom. The van der Waals surface area contributed by atoms with Crippen molar-refractivity contribution in [3.05, 3.63) is 24.1 Å². The second kappa shape index (κ2) is 3.81. The van der Waals surface area contributed by atoms with Crippen LogP contribution in [0.3, 0.4) is 0 Å². The van der Waals surface area contributed by atoms with Crippen LogP contribution in [0.25, 0.3) is 0 Å². The maximum absolute atomic E-state index is 10.8. The van der Waals surface area contributed by atoms with E-state index < -0.39 is 0 Å². The van der Waals surface area contributed by atoms with Gasteiger partial charge in [-0.05, 0) is 12.5 Å². The summed E-state index contributed by atoms with van der Waals surface area (Å²) in [5.41, 5.74) is 0.582. The fraction of sp³-hybridized carbons (Fsp3) is 0.375. The molecule has 0 saturated heterocycles. The summed E-state index contributed by atoms with van der Waals surface area (Å²) in [6.45, 7) is 2.94. The molecule has 0 aliphatic carbocycles. The Hall–Kier alpha value is -1.25. The molecular weight excluding hydrogens is 142 g/mol. The number of esters is 1. The average molecular weight is 153 g/mol. The number of carbonyl (C=O) groups excluding carboxylic acids is 1. The monoisotopic (exact) mass is 153 g/mol. The zero-order chi connectivity index (χ0) is 8.10. The summed E-state index contributed by atoms with van der Waals surface area (Å²) >= 11 is 0. The van der Waals surface area contributed by atoms with Crippen LogP contribution in [-0.2, 0) is 9.53 Å². The van der Waals surface area contributed by atoms with Crippen LogP contribution in [0, 0.1) is 0 Å². The molecule has 0 spiro atoms. The van der Waals surface area contributed by atoms with E-state index in [1.807, 2.05) is 0 Å². The highest BCUT2D eigenvalue weighted by atomic mass is 16.5. The van der Waals surface area contributed by atoms with Crippen molar-refractivity contribution < 1.29 is 9.53 Å². The minimum absolute atomic E-state index is 0.284. The van der Waals surface area contributed by atoms with Crippen LogP contribution in [0.4, 0.5) is 0 Å². The van der Waals surface area contributed by atoms with E-state index in [0.29, 0.717) is 5.57 Å². The van der Waals surface area contributed by atoms with E-state index in [1.165, 1.54) is 6.26 Å². The summed E-state index contributed by atoms with van der Waals surface area (Å²) in [5, 5.41) is 2.99. The molecule has 0 amide bonds. The largest absolute Gasteiger partial charge is 0.431 e. The van der Waals surface area contributed by atoms with Crippen molar-refractivity contribution in [1.29, 1.82) is 0 Å². The quantitative estimate of drug-likeness (QED) is 0.372. The second-order valence-electron chi connectivity index (χ2n) is 2.26. The van der Waals surface area contributed by atoms with Crippen LogP contribution in [0.5, 0.6) is 0 Å². The molecule has 3 nitrogen and oxygen atoms in total.